The Bertz CT molecular complexity index is 302. The van der Waals surface area contributed by atoms with Crippen LogP contribution in [0.5, 0.6) is 0 Å². The van der Waals surface area contributed by atoms with Gasteiger partial charge in [-0.25, -0.2) is 0 Å². The topological polar surface area (TPSA) is 44.7 Å². The molecule has 1 heterocycles. The molecule has 1 aliphatic heterocycles. The molecule has 2 fully saturated rings. The summed E-state index contributed by atoms with van der Waals surface area (Å²) < 4.78 is 5.74. The van der Waals surface area contributed by atoms with Crippen LogP contribution in [0, 0.1) is 5.41 Å². The maximum absolute atomic E-state index is 9.43. The Morgan fingerprint density at radius 1 is 1.29 bits per heavy atom. The van der Waals surface area contributed by atoms with Crippen LogP contribution in [0.15, 0.2) is 0 Å². The average Bonchev–Trinajstić information content (AvgIpc) is 3.07. The fourth-order valence-electron chi connectivity index (χ4n) is 3.64. The molecule has 124 valence electrons. The molecule has 4 nitrogen and oxygen atoms in total. The molecule has 2 rings (SSSR count). The molecular formula is C17H34N2O2. The van der Waals surface area contributed by atoms with Crippen LogP contribution < -0.4 is 5.32 Å². The molecule has 0 radical (unpaired) electrons. The van der Waals surface area contributed by atoms with Crippen molar-refractivity contribution in [2.75, 3.05) is 39.5 Å². The summed E-state index contributed by atoms with van der Waals surface area (Å²) in [5.74, 6) is 0. The molecule has 4 heteroatoms. The first-order chi connectivity index (χ1) is 9.94. The van der Waals surface area contributed by atoms with Gasteiger partial charge in [0.1, 0.15) is 0 Å². The minimum absolute atomic E-state index is 0.144. The highest BCUT2D eigenvalue weighted by atomic mass is 16.5. The van der Waals surface area contributed by atoms with Crippen molar-refractivity contribution in [3.05, 3.63) is 0 Å². The Hall–Kier alpha value is -0.160. The van der Waals surface area contributed by atoms with E-state index in [9.17, 15) is 5.11 Å². The Morgan fingerprint density at radius 3 is 2.52 bits per heavy atom. The highest BCUT2D eigenvalue weighted by Crippen LogP contribution is 2.33. The molecule has 0 aromatic carbocycles. The van der Waals surface area contributed by atoms with Crippen molar-refractivity contribution in [3.63, 3.8) is 0 Å². The van der Waals surface area contributed by atoms with Crippen LogP contribution in [0.2, 0.25) is 0 Å². The van der Waals surface area contributed by atoms with Gasteiger partial charge in [0.2, 0.25) is 0 Å². The predicted molar refractivity (Wildman–Crippen MR) is 86.5 cm³/mol. The molecule has 0 amide bonds. The van der Waals surface area contributed by atoms with Crippen molar-refractivity contribution < 1.29 is 9.84 Å². The molecule has 21 heavy (non-hydrogen) atoms. The van der Waals surface area contributed by atoms with Gasteiger partial charge >= 0.3 is 0 Å². The standard InChI is InChI=1S/C17H34N2O2/c1-16(2,3)18-12-17(8-11-21-14-17)13-19(9-10-20)15-6-4-5-7-15/h15,18,20H,4-14H2,1-3H3. The van der Waals surface area contributed by atoms with Gasteiger partial charge in [-0.15, -0.1) is 0 Å². The fourth-order valence-corrected chi connectivity index (χ4v) is 3.64. The van der Waals surface area contributed by atoms with Gasteiger partial charge < -0.3 is 15.2 Å². The van der Waals surface area contributed by atoms with Crippen molar-refractivity contribution >= 4 is 0 Å². The van der Waals surface area contributed by atoms with Crippen LogP contribution in [0.25, 0.3) is 0 Å². The highest BCUT2D eigenvalue weighted by Gasteiger charge is 2.39. The number of aliphatic hydroxyl groups is 1. The van der Waals surface area contributed by atoms with Gasteiger partial charge in [0.05, 0.1) is 13.2 Å². The van der Waals surface area contributed by atoms with Crippen molar-refractivity contribution in [2.24, 2.45) is 5.41 Å². The summed E-state index contributed by atoms with van der Waals surface area (Å²) in [6.07, 6.45) is 6.41. The van der Waals surface area contributed by atoms with E-state index in [2.05, 4.69) is 31.0 Å². The van der Waals surface area contributed by atoms with Crippen molar-refractivity contribution in [3.8, 4) is 0 Å². The second-order valence-electron chi connectivity index (χ2n) is 8.04. The van der Waals surface area contributed by atoms with Crippen molar-refractivity contribution in [2.45, 2.75) is 64.5 Å². The van der Waals surface area contributed by atoms with Crippen molar-refractivity contribution in [1.82, 2.24) is 10.2 Å². The minimum Gasteiger partial charge on any atom is -0.395 e. The molecule has 1 saturated heterocycles. The SMILES string of the molecule is CC(C)(C)NCC1(CN(CCO)C2CCCC2)CCOC1. The molecule has 0 spiro atoms. The van der Waals surface area contributed by atoms with Crippen LogP contribution in [-0.4, -0.2) is 61.0 Å². The van der Waals surface area contributed by atoms with Crippen LogP contribution in [0.3, 0.4) is 0 Å². The zero-order valence-electron chi connectivity index (χ0n) is 14.2. The average molecular weight is 298 g/mol. The highest BCUT2D eigenvalue weighted by molar-refractivity contribution is 4.92. The summed E-state index contributed by atoms with van der Waals surface area (Å²) in [4.78, 5) is 2.53. The van der Waals surface area contributed by atoms with Gasteiger partial charge in [-0.1, -0.05) is 12.8 Å². The molecule has 1 unspecified atom stereocenters. The molecule has 0 aromatic heterocycles. The summed E-state index contributed by atoms with van der Waals surface area (Å²) >= 11 is 0. The molecule has 1 saturated carbocycles. The molecule has 2 N–H and O–H groups in total. The Labute approximate surface area is 130 Å². The minimum atomic E-state index is 0.144. The molecule has 0 bridgehead atoms. The lowest BCUT2D eigenvalue weighted by Gasteiger charge is -2.39. The number of nitrogens with one attached hydrogen (secondary N) is 1. The Kier molecular flexibility index (Phi) is 6.06. The zero-order valence-corrected chi connectivity index (χ0v) is 14.2. The van der Waals surface area contributed by atoms with Gasteiger partial charge in [0, 0.05) is 43.2 Å². The van der Waals surface area contributed by atoms with Crippen LogP contribution in [0.1, 0.15) is 52.9 Å². The number of nitrogens with zero attached hydrogens (tertiary/aromatic N) is 1. The molecular weight excluding hydrogens is 264 g/mol. The Balaban J connectivity index is 1.98. The number of hydrogen-bond donors (Lipinski definition) is 2. The zero-order chi connectivity index (χ0) is 15.3. The first kappa shape index (κ1) is 17.2. The van der Waals surface area contributed by atoms with Gasteiger partial charge in [-0.05, 0) is 40.0 Å². The van der Waals surface area contributed by atoms with Crippen LogP contribution in [-0.2, 0) is 4.74 Å². The Morgan fingerprint density at radius 2 is 2.00 bits per heavy atom. The second-order valence-corrected chi connectivity index (χ2v) is 8.04. The molecule has 1 aliphatic carbocycles. The van der Waals surface area contributed by atoms with E-state index < -0.39 is 0 Å². The first-order valence-electron chi connectivity index (χ1n) is 8.62. The van der Waals surface area contributed by atoms with Gasteiger partial charge in [-0.3, -0.25) is 4.90 Å². The normalized spacial score (nSPS) is 27.9. The van der Waals surface area contributed by atoms with E-state index in [0.29, 0.717) is 6.04 Å². The molecule has 1 atom stereocenters. The lowest BCUT2D eigenvalue weighted by molar-refractivity contribution is 0.0689. The summed E-state index contributed by atoms with van der Waals surface area (Å²) in [6.45, 7) is 11.5. The van der Waals surface area contributed by atoms with E-state index in [4.69, 9.17) is 4.74 Å². The number of aliphatic hydroxyl groups excluding tert-OH is 1. The van der Waals surface area contributed by atoms with E-state index in [1.165, 1.54) is 25.7 Å². The van der Waals surface area contributed by atoms with Crippen LogP contribution >= 0.6 is 0 Å². The lowest BCUT2D eigenvalue weighted by Crippen LogP contribution is -2.51. The predicted octanol–water partition coefficient (Wildman–Crippen LogP) is 2.02. The van der Waals surface area contributed by atoms with Gasteiger partial charge in [-0.2, -0.15) is 0 Å². The lowest BCUT2D eigenvalue weighted by atomic mass is 9.85. The van der Waals surface area contributed by atoms with Crippen LogP contribution in [0.4, 0.5) is 0 Å². The maximum Gasteiger partial charge on any atom is 0.0558 e. The van der Waals surface area contributed by atoms with Gasteiger partial charge in [0.25, 0.3) is 0 Å². The quantitative estimate of drug-likeness (QED) is 0.755. The third kappa shape index (κ3) is 5.20. The van der Waals surface area contributed by atoms with E-state index in [-0.39, 0.29) is 17.6 Å². The summed E-state index contributed by atoms with van der Waals surface area (Å²) in [7, 11) is 0. The first-order valence-corrected chi connectivity index (χ1v) is 8.62. The summed E-state index contributed by atoms with van der Waals surface area (Å²) in [5.41, 5.74) is 0.357. The largest absolute Gasteiger partial charge is 0.395 e. The van der Waals surface area contributed by atoms with E-state index in [1.807, 2.05) is 0 Å². The maximum atomic E-state index is 9.43. The number of hydrogen-bond acceptors (Lipinski definition) is 4. The number of ether oxygens (including phenoxy) is 1. The summed E-state index contributed by atoms with van der Waals surface area (Å²) in [6, 6.07) is 0.671. The van der Waals surface area contributed by atoms with Crippen molar-refractivity contribution in [1.29, 1.82) is 0 Å². The monoisotopic (exact) mass is 298 g/mol. The molecule has 0 aromatic rings. The third-order valence-electron chi connectivity index (χ3n) is 4.95. The second kappa shape index (κ2) is 7.40. The van der Waals surface area contributed by atoms with E-state index >= 15 is 0 Å². The van der Waals surface area contributed by atoms with Gasteiger partial charge in [0.15, 0.2) is 0 Å². The third-order valence-corrected chi connectivity index (χ3v) is 4.95. The van der Waals surface area contributed by atoms with E-state index in [0.717, 1.165) is 39.3 Å². The fraction of sp³-hybridized carbons (Fsp3) is 1.00. The van der Waals surface area contributed by atoms with E-state index in [1.54, 1.807) is 0 Å². The molecule has 2 aliphatic rings. The smallest absolute Gasteiger partial charge is 0.0558 e. The summed E-state index contributed by atoms with van der Waals surface area (Å²) in [5, 5.41) is 13.1. The number of rotatable bonds is 7.